The molecule has 2 fully saturated rings. The van der Waals surface area contributed by atoms with E-state index < -0.39 is 0 Å². The Kier molecular flexibility index (Phi) is 5.37. The molecule has 0 amide bonds. The Morgan fingerprint density at radius 1 is 1.14 bits per heavy atom. The molecular formula is C19H29NO2. The number of hydrogen-bond acceptors (Lipinski definition) is 3. The first kappa shape index (κ1) is 15.8. The topological polar surface area (TPSA) is 32.7 Å². The van der Waals surface area contributed by atoms with Crippen LogP contribution in [-0.2, 0) is 6.54 Å². The first-order valence-electron chi connectivity index (χ1n) is 8.81. The lowest BCUT2D eigenvalue weighted by molar-refractivity contribution is 0.0918. The van der Waals surface area contributed by atoms with Gasteiger partial charge in [-0.05, 0) is 62.1 Å². The third kappa shape index (κ3) is 4.47. The van der Waals surface area contributed by atoms with E-state index in [-0.39, 0.29) is 12.6 Å². The average molecular weight is 303 g/mol. The number of aliphatic hydroxyl groups excluding tert-OH is 1. The van der Waals surface area contributed by atoms with Crippen molar-refractivity contribution in [3.63, 3.8) is 0 Å². The summed E-state index contributed by atoms with van der Waals surface area (Å²) in [5.74, 6) is 2.61. The van der Waals surface area contributed by atoms with Gasteiger partial charge in [0.2, 0.25) is 0 Å². The minimum atomic E-state index is 0.228. The summed E-state index contributed by atoms with van der Waals surface area (Å²) in [4.78, 5) is 2.42. The van der Waals surface area contributed by atoms with Crippen molar-refractivity contribution >= 4 is 0 Å². The van der Waals surface area contributed by atoms with Crippen LogP contribution >= 0.6 is 0 Å². The van der Waals surface area contributed by atoms with E-state index in [2.05, 4.69) is 36.1 Å². The smallest absolute Gasteiger partial charge is 0.119 e. The molecule has 22 heavy (non-hydrogen) atoms. The summed E-state index contributed by atoms with van der Waals surface area (Å²) >= 11 is 0. The lowest BCUT2D eigenvalue weighted by Gasteiger charge is -2.35. The highest BCUT2D eigenvalue weighted by Crippen LogP contribution is 2.30. The van der Waals surface area contributed by atoms with Crippen LogP contribution in [0.25, 0.3) is 0 Å². The first-order valence-corrected chi connectivity index (χ1v) is 8.81. The maximum absolute atomic E-state index is 9.50. The number of ether oxygens (including phenoxy) is 1. The van der Waals surface area contributed by atoms with Gasteiger partial charge in [0.1, 0.15) is 5.75 Å². The highest BCUT2D eigenvalue weighted by atomic mass is 16.5. The predicted molar refractivity (Wildman–Crippen MR) is 89.0 cm³/mol. The summed E-state index contributed by atoms with van der Waals surface area (Å²) in [5, 5.41) is 9.50. The second-order valence-corrected chi connectivity index (χ2v) is 7.16. The zero-order valence-electron chi connectivity index (χ0n) is 13.7. The summed E-state index contributed by atoms with van der Waals surface area (Å²) in [5.41, 5.74) is 1.30. The van der Waals surface area contributed by atoms with E-state index in [0.717, 1.165) is 37.3 Å². The molecule has 3 heteroatoms. The standard InChI is InChI=1S/C19H29NO2/c1-15(13-21)20(11-16-3-2-4-16)12-17-7-9-19(10-8-17)22-14-18-5-6-18/h7-10,15-16,18,21H,2-6,11-14H2,1H3/t15-/m0/s1. The molecule has 0 bridgehead atoms. The molecule has 2 aliphatic rings. The van der Waals surface area contributed by atoms with E-state index in [4.69, 9.17) is 4.74 Å². The molecule has 122 valence electrons. The molecule has 1 N–H and O–H groups in total. The Morgan fingerprint density at radius 3 is 2.41 bits per heavy atom. The van der Waals surface area contributed by atoms with Gasteiger partial charge in [-0.2, -0.15) is 0 Å². The fourth-order valence-corrected chi connectivity index (χ4v) is 2.95. The molecule has 0 saturated heterocycles. The van der Waals surface area contributed by atoms with Crippen LogP contribution in [0, 0.1) is 11.8 Å². The maximum atomic E-state index is 9.50. The largest absolute Gasteiger partial charge is 0.493 e. The molecule has 0 spiro atoms. The van der Waals surface area contributed by atoms with Gasteiger partial charge in [-0.3, -0.25) is 4.90 Å². The van der Waals surface area contributed by atoms with Gasteiger partial charge in [0.25, 0.3) is 0 Å². The summed E-state index contributed by atoms with van der Waals surface area (Å²) in [6, 6.07) is 8.73. The van der Waals surface area contributed by atoms with Gasteiger partial charge in [0.05, 0.1) is 13.2 Å². The van der Waals surface area contributed by atoms with Gasteiger partial charge >= 0.3 is 0 Å². The van der Waals surface area contributed by atoms with Crippen molar-refractivity contribution in [1.29, 1.82) is 0 Å². The normalized spacial score (nSPS) is 20.0. The van der Waals surface area contributed by atoms with Crippen molar-refractivity contribution in [3.05, 3.63) is 29.8 Å². The second kappa shape index (κ2) is 7.47. The molecular weight excluding hydrogens is 274 g/mol. The van der Waals surface area contributed by atoms with Gasteiger partial charge in [-0.1, -0.05) is 18.6 Å². The Hall–Kier alpha value is -1.06. The van der Waals surface area contributed by atoms with E-state index in [0.29, 0.717) is 0 Å². The van der Waals surface area contributed by atoms with E-state index in [1.165, 1.54) is 37.7 Å². The average Bonchev–Trinajstić information content (AvgIpc) is 3.32. The zero-order chi connectivity index (χ0) is 15.4. The van der Waals surface area contributed by atoms with E-state index in [9.17, 15) is 5.11 Å². The van der Waals surface area contributed by atoms with Crippen molar-refractivity contribution in [2.24, 2.45) is 11.8 Å². The quantitative estimate of drug-likeness (QED) is 0.758. The molecule has 0 unspecified atom stereocenters. The second-order valence-electron chi connectivity index (χ2n) is 7.16. The third-order valence-electron chi connectivity index (χ3n) is 5.10. The lowest BCUT2D eigenvalue weighted by Crippen LogP contribution is -2.40. The number of nitrogens with zero attached hydrogens (tertiary/aromatic N) is 1. The third-order valence-corrected chi connectivity index (χ3v) is 5.10. The molecule has 2 saturated carbocycles. The molecule has 3 rings (SSSR count). The molecule has 0 heterocycles. The molecule has 0 radical (unpaired) electrons. The van der Waals surface area contributed by atoms with Crippen molar-refractivity contribution < 1.29 is 9.84 Å². The molecule has 2 aliphatic carbocycles. The highest BCUT2D eigenvalue weighted by Gasteiger charge is 2.24. The molecule has 0 aromatic heterocycles. The van der Waals surface area contributed by atoms with E-state index in [1.807, 2.05) is 0 Å². The highest BCUT2D eigenvalue weighted by molar-refractivity contribution is 5.27. The fraction of sp³-hybridized carbons (Fsp3) is 0.684. The minimum Gasteiger partial charge on any atom is -0.493 e. The summed E-state index contributed by atoms with van der Waals surface area (Å²) in [6.45, 7) is 5.25. The Morgan fingerprint density at radius 2 is 1.86 bits per heavy atom. The van der Waals surface area contributed by atoms with Crippen molar-refractivity contribution in [3.8, 4) is 5.75 Å². The summed E-state index contributed by atoms with van der Waals surface area (Å²) in [7, 11) is 0. The van der Waals surface area contributed by atoms with Crippen LogP contribution < -0.4 is 4.74 Å². The maximum Gasteiger partial charge on any atom is 0.119 e. The monoisotopic (exact) mass is 303 g/mol. The van der Waals surface area contributed by atoms with Crippen LogP contribution in [0.1, 0.15) is 44.6 Å². The molecule has 1 aromatic rings. The zero-order valence-corrected chi connectivity index (χ0v) is 13.7. The summed E-state index contributed by atoms with van der Waals surface area (Å²) < 4.78 is 5.80. The van der Waals surface area contributed by atoms with E-state index >= 15 is 0 Å². The van der Waals surface area contributed by atoms with Crippen molar-refractivity contribution in [2.75, 3.05) is 19.8 Å². The molecule has 1 atom stereocenters. The van der Waals surface area contributed by atoms with Crippen molar-refractivity contribution in [2.45, 2.75) is 51.6 Å². The molecule has 1 aromatic carbocycles. The number of hydrogen-bond donors (Lipinski definition) is 1. The lowest BCUT2D eigenvalue weighted by atomic mass is 9.85. The molecule has 3 nitrogen and oxygen atoms in total. The van der Waals surface area contributed by atoms with Gasteiger partial charge in [-0.25, -0.2) is 0 Å². The summed E-state index contributed by atoms with van der Waals surface area (Å²) in [6.07, 6.45) is 6.73. The molecule has 0 aliphatic heterocycles. The van der Waals surface area contributed by atoms with Crippen LogP contribution in [0.3, 0.4) is 0 Å². The van der Waals surface area contributed by atoms with Crippen LogP contribution in [0.5, 0.6) is 5.75 Å². The number of benzene rings is 1. The van der Waals surface area contributed by atoms with E-state index in [1.54, 1.807) is 0 Å². The van der Waals surface area contributed by atoms with Crippen LogP contribution in [0.2, 0.25) is 0 Å². The van der Waals surface area contributed by atoms with Crippen molar-refractivity contribution in [1.82, 2.24) is 4.90 Å². The van der Waals surface area contributed by atoms with Gasteiger partial charge in [0.15, 0.2) is 0 Å². The SMILES string of the molecule is C[C@@H](CO)N(Cc1ccc(OCC2CC2)cc1)CC1CCC1. The Balaban J connectivity index is 1.53. The fourth-order valence-electron chi connectivity index (χ4n) is 2.95. The number of rotatable bonds is 9. The first-order chi connectivity index (χ1) is 10.7. The predicted octanol–water partition coefficient (Wildman–Crippen LogP) is 3.46. The van der Waals surface area contributed by atoms with Gasteiger partial charge < -0.3 is 9.84 Å². The Labute approximate surface area is 134 Å². The number of aliphatic hydroxyl groups is 1. The minimum absolute atomic E-state index is 0.228. The van der Waals surface area contributed by atoms with Crippen LogP contribution in [0.15, 0.2) is 24.3 Å². The van der Waals surface area contributed by atoms with Crippen LogP contribution in [0.4, 0.5) is 0 Å². The van der Waals surface area contributed by atoms with Gasteiger partial charge in [-0.15, -0.1) is 0 Å². The van der Waals surface area contributed by atoms with Crippen LogP contribution in [-0.4, -0.2) is 35.8 Å². The van der Waals surface area contributed by atoms with Gasteiger partial charge in [0, 0.05) is 19.1 Å². The Bertz CT molecular complexity index is 451.